The number of benzene rings is 1. The maximum absolute atomic E-state index is 10.8. The summed E-state index contributed by atoms with van der Waals surface area (Å²) in [5, 5.41) is 9.75. The van der Waals surface area contributed by atoms with Crippen LogP contribution in [-0.2, 0) is 0 Å². The molecule has 14 heavy (non-hydrogen) atoms. The van der Waals surface area contributed by atoms with E-state index >= 15 is 0 Å². The monoisotopic (exact) mass is 233 g/mol. The average molecular weight is 234 g/mol. The minimum Gasteiger partial charge on any atom is -0.276 e. The van der Waals surface area contributed by atoms with Gasteiger partial charge in [0.25, 0.3) is 10.9 Å². The van der Waals surface area contributed by atoms with Gasteiger partial charge in [-0.15, -0.1) is 0 Å². The number of nitro groups is 1. The molecule has 0 atom stereocenters. The first-order chi connectivity index (χ1) is 6.43. The molecule has 0 unspecified atom stereocenters. The van der Waals surface area contributed by atoms with E-state index in [0.717, 1.165) is 0 Å². The van der Waals surface area contributed by atoms with Crippen LogP contribution in [0.4, 0.5) is 5.69 Å². The van der Waals surface area contributed by atoms with E-state index in [0.29, 0.717) is 5.56 Å². The summed E-state index contributed by atoms with van der Waals surface area (Å²) in [5.74, 6) is 0. The van der Waals surface area contributed by atoms with Crippen molar-refractivity contribution in [3.05, 3.63) is 38.4 Å². The van der Waals surface area contributed by atoms with Gasteiger partial charge in [-0.2, -0.15) is 0 Å². The van der Waals surface area contributed by atoms with Crippen molar-refractivity contribution < 1.29 is 9.72 Å². The molecule has 6 heteroatoms. The van der Waals surface area contributed by atoms with Crippen LogP contribution in [0, 0.1) is 17.0 Å². The van der Waals surface area contributed by atoms with Crippen LogP contribution in [0.3, 0.4) is 0 Å². The molecule has 0 aliphatic carbocycles. The van der Waals surface area contributed by atoms with Crippen molar-refractivity contribution >= 4 is 34.1 Å². The predicted octanol–water partition coefficient (Wildman–Crippen LogP) is 2.94. The fourth-order valence-electron chi connectivity index (χ4n) is 1.08. The number of nitro benzene ring substituents is 1. The van der Waals surface area contributed by atoms with Gasteiger partial charge in [0.15, 0.2) is 0 Å². The number of hydrogen-bond acceptors (Lipinski definition) is 3. The molecule has 0 aromatic heterocycles. The van der Waals surface area contributed by atoms with E-state index in [9.17, 15) is 14.9 Å². The third-order valence-electron chi connectivity index (χ3n) is 1.66. The first-order valence-corrected chi connectivity index (χ1v) is 4.33. The van der Waals surface area contributed by atoms with Crippen molar-refractivity contribution in [2.45, 2.75) is 6.92 Å². The van der Waals surface area contributed by atoms with Crippen LogP contribution < -0.4 is 0 Å². The lowest BCUT2D eigenvalue weighted by atomic mass is 10.1. The predicted molar refractivity (Wildman–Crippen MR) is 53.0 cm³/mol. The zero-order valence-corrected chi connectivity index (χ0v) is 8.59. The van der Waals surface area contributed by atoms with Gasteiger partial charge in [0.05, 0.1) is 4.92 Å². The molecule has 0 aliphatic rings. The number of halogens is 2. The summed E-state index contributed by atoms with van der Waals surface area (Å²) in [4.78, 5) is 20.7. The average Bonchev–Trinajstić information content (AvgIpc) is 2.01. The van der Waals surface area contributed by atoms with Gasteiger partial charge >= 0.3 is 0 Å². The van der Waals surface area contributed by atoms with Crippen molar-refractivity contribution in [1.29, 1.82) is 0 Å². The molecule has 1 rings (SSSR count). The molecule has 0 saturated heterocycles. The fourth-order valence-corrected chi connectivity index (χ4v) is 1.53. The largest absolute Gasteiger partial charge is 0.290 e. The molecule has 0 radical (unpaired) electrons. The second-order valence-corrected chi connectivity index (χ2v) is 3.40. The van der Waals surface area contributed by atoms with Gasteiger partial charge in [-0.25, -0.2) is 0 Å². The first-order valence-electron chi connectivity index (χ1n) is 3.58. The lowest BCUT2D eigenvalue weighted by Crippen LogP contribution is -1.96. The van der Waals surface area contributed by atoms with Crippen LogP contribution in [0.2, 0.25) is 5.02 Å². The lowest BCUT2D eigenvalue weighted by molar-refractivity contribution is -0.385. The molecule has 1 aromatic rings. The van der Waals surface area contributed by atoms with Crippen LogP contribution in [0.5, 0.6) is 0 Å². The third-order valence-corrected chi connectivity index (χ3v) is 2.17. The van der Waals surface area contributed by atoms with Crippen molar-refractivity contribution in [2.24, 2.45) is 0 Å². The number of rotatable bonds is 2. The Morgan fingerprint density at radius 1 is 1.50 bits per heavy atom. The maximum Gasteiger partial charge on any atom is 0.290 e. The maximum atomic E-state index is 10.8. The number of nitrogens with zero attached hydrogens (tertiary/aromatic N) is 1. The van der Waals surface area contributed by atoms with Crippen molar-refractivity contribution in [3.63, 3.8) is 0 Å². The van der Waals surface area contributed by atoms with E-state index in [-0.39, 0.29) is 16.3 Å². The van der Waals surface area contributed by atoms with Crippen molar-refractivity contribution in [1.82, 2.24) is 0 Å². The molecular formula is C8H5Cl2NO3. The Kier molecular flexibility index (Phi) is 3.08. The van der Waals surface area contributed by atoms with Crippen LogP contribution in [0.15, 0.2) is 12.1 Å². The van der Waals surface area contributed by atoms with Gasteiger partial charge in [0, 0.05) is 11.1 Å². The molecular weight excluding hydrogens is 229 g/mol. The Balaban J connectivity index is 3.39. The van der Waals surface area contributed by atoms with E-state index in [4.69, 9.17) is 23.2 Å². The lowest BCUT2D eigenvalue weighted by Gasteiger charge is -2.01. The third kappa shape index (κ3) is 2.02. The van der Waals surface area contributed by atoms with Crippen molar-refractivity contribution in [3.8, 4) is 0 Å². The summed E-state index contributed by atoms with van der Waals surface area (Å²) in [6.45, 7) is 1.49. The highest BCUT2D eigenvalue weighted by Crippen LogP contribution is 2.29. The van der Waals surface area contributed by atoms with Gasteiger partial charge in [-0.05, 0) is 30.7 Å². The molecule has 4 nitrogen and oxygen atoms in total. The van der Waals surface area contributed by atoms with E-state index in [2.05, 4.69) is 0 Å². The Labute approximate surface area is 89.6 Å². The minimum absolute atomic E-state index is 0.0843. The Hall–Kier alpha value is -1.13. The van der Waals surface area contributed by atoms with E-state index in [1.807, 2.05) is 0 Å². The normalized spacial score (nSPS) is 9.93. The first kappa shape index (κ1) is 10.9. The highest BCUT2D eigenvalue weighted by Gasteiger charge is 2.18. The molecule has 1 aromatic carbocycles. The summed E-state index contributed by atoms with van der Waals surface area (Å²) in [7, 11) is 0. The molecule has 0 saturated carbocycles. The van der Waals surface area contributed by atoms with E-state index < -0.39 is 10.2 Å². The van der Waals surface area contributed by atoms with E-state index in [1.165, 1.54) is 19.1 Å². The Morgan fingerprint density at radius 2 is 2.07 bits per heavy atom. The Morgan fingerprint density at radius 3 is 2.43 bits per heavy atom. The van der Waals surface area contributed by atoms with Gasteiger partial charge in [-0.1, -0.05) is 11.6 Å². The van der Waals surface area contributed by atoms with Crippen LogP contribution in [0.1, 0.15) is 15.9 Å². The quantitative estimate of drug-likeness (QED) is 0.449. The standard InChI is InChI=1S/C8H5Cl2NO3/c1-4-2-5(8(10)12)3-6(9)7(4)11(13)14/h2-3H,1H3. The Bertz CT molecular complexity index is 394. The van der Waals surface area contributed by atoms with Gasteiger partial charge < -0.3 is 0 Å². The van der Waals surface area contributed by atoms with Gasteiger partial charge in [-0.3, -0.25) is 14.9 Å². The molecule has 0 heterocycles. The van der Waals surface area contributed by atoms with E-state index in [1.54, 1.807) is 0 Å². The smallest absolute Gasteiger partial charge is 0.276 e. The summed E-state index contributed by atoms with van der Waals surface area (Å²) in [6.07, 6.45) is 0. The van der Waals surface area contributed by atoms with Crippen LogP contribution >= 0.6 is 23.2 Å². The SMILES string of the molecule is Cc1cc(C(=O)Cl)cc(Cl)c1[N+](=O)[O-]. The minimum atomic E-state index is -0.690. The summed E-state index contributed by atoms with van der Waals surface area (Å²) >= 11 is 10.8. The van der Waals surface area contributed by atoms with Crippen molar-refractivity contribution in [2.75, 3.05) is 0 Å². The van der Waals surface area contributed by atoms with Gasteiger partial charge in [0.2, 0.25) is 0 Å². The highest BCUT2D eigenvalue weighted by atomic mass is 35.5. The molecule has 0 N–H and O–H groups in total. The van der Waals surface area contributed by atoms with Crippen LogP contribution in [-0.4, -0.2) is 10.2 Å². The zero-order valence-electron chi connectivity index (χ0n) is 7.08. The van der Waals surface area contributed by atoms with Crippen LogP contribution in [0.25, 0.3) is 0 Å². The number of carbonyl (C=O) groups excluding carboxylic acids is 1. The summed E-state index contributed by atoms with van der Waals surface area (Å²) in [6, 6.07) is 2.52. The molecule has 0 bridgehead atoms. The summed E-state index contributed by atoms with van der Waals surface area (Å²) in [5.41, 5.74) is 0.264. The zero-order chi connectivity index (χ0) is 10.9. The number of hydrogen-bond donors (Lipinski definition) is 0. The topological polar surface area (TPSA) is 60.2 Å². The second-order valence-electron chi connectivity index (χ2n) is 2.65. The number of aryl methyl sites for hydroxylation is 1. The second kappa shape index (κ2) is 3.94. The molecule has 0 amide bonds. The molecule has 0 fully saturated rings. The van der Waals surface area contributed by atoms with Gasteiger partial charge in [0.1, 0.15) is 5.02 Å². The summed E-state index contributed by atoms with van der Waals surface area (Å²) < 4.78 is 0. The molecule has 74 valence electrons. The fraction of sp³-hybridized carbons (Fsp3) is 0.125. The number of carbonyl (C=O) groups is 1. The molecule has 0 spiro atoms. The highest BCUT2D eigenvalue weighted by molar-refractivity contribution is 6.67. The molecule has 0 aliphatic heterocycles.